The Labute approximate surface area is 249 Å². The van der Waals surface area contributed by atoms with Gasteiger partial charge in [0.2, 0.25) is 5.91 Å². The molecule has 2 amide bonds. The molecule has 4 rings (SSSR count). The molecular formula is C36H41N3O3. The van der Waals surface area contributed by atoms with E-state index in [1.807, 2.05) is 72.8 Å². The number of carbonyl (C=O) groups is 2. The van der Waals surface area contributed by atoms with Crippen LogP contribution in [0.25, 0.3) is 0 Å². The highest BCUT2D eigenvalue weighted by Crippen LogP contribution is 2.36. The molecule has 6 heteroatoms. The van der Waals surface area contributed by atoms with Gasteiger partial charge in [-0.15, -0.1) is 0 Å². The summed E-state index contributed by atoms with van der Waals surface area (Å²) in [6.07, 6.45) is 2.19. The number of carbonyl (C=O) groups excluding carboxylic acids is 2. The number of nitrogens with zero attached hydrogens (tertiary/aromatic N) is 1. The lowest BCUT2D eigenvalue weighted by Gasteiger charge is -2.36. The van der Waals surface area contributed by atoms with Gasteiger partial charge in [-0.3, -0.25) is 4.79 Å². The Kier molecular flexibility index (Phi) is 11.7. The minimum Gasteiger partial charge on any atom is -0.445 e. The average molecular weight is 564 g/mol. The normalized spacial score (nSPS) is 11.2. The van der Waals surface area contributed by atoms with Gasteiger partial charge in [-0.25, -0.2) is 4.79 Å². The largest absolute Gasteiger partial charge is 0.445 e. The topological polar surface area (TPSA) is 70.7 Å². The van der Waals surface area contributed by atoms with Crippen molar-refractivity contribution in [1.82, 2.24) is 15.5 Å². The van der Waals surface area contributed by atoms with Crippen LogP contribution in [0.3, 0.4) is 0 Å². The summed E-state index contributed by atoms with van der Waals surface area (Å²) in [7, 11) is 2.17. The monoisotopic (exact) mass is 563 g/mol. The third-order valence-corrected chi connectivity index (χ3v) is 7.61. The zero-order valence-electron chi connectivity index (χ0n) is 24.4. The van der Waals surface area contributed by atoms with Crippen molar-refractivity contribution in [3.05, 3.63) is 144 Å². The van der Waals surface area contributed by atoms with Gasteiger partial charge in [0.15, 0.2) is 0 Å². The summed E-state index contributed by atoms with van der Waals surface area (Å²) in [5.74, 6) is -0.261. The maximum Gasteiger partial charge on any atom is 0.407 e. The predicted octanol–water partition coefficient (Wildman–Crippen LogP) is 5.97. The molecule has 0 aliphatic rings. The molecule has 0 bridgehead atoms. The first kappa shape index (κ1) is 30.5. The zero-order chi connectivity index (χ0) is 29.5. The van der Waals surface area contributed by atoms with Crippen LogP contribution >= 0.6 is 0 Å². The number of hydrogen-bond donors (Lipinski definition) is 2. The number of nitrogens with one attached hydrogen (secondary N) is 2. The van der Waals surface area contributed by atoms with Crippen molar-refractivity contribution < 1.29 is 14.3 Å². The summed E-state index contributed by atoms with van der Waals surface area (Å²) >= 11 is 0. The summed E-state index contributed by atoms with van der Waals surface area (Å²) in [6, 6.07) is 40.8. The number of hydrogen-bond acceptors (Lipinski definition) is 4. The fourth-order valence-electron chi connectivity index (χ4n) is 5.23. The zero-order valence-corrected chi connectivity index (χ0v) is 24.4. The summed E-state index contributed by atoms with van der Waals surface area (Å²) < 4.78 is 5.25. The lowest BCUT2D eigenvalue weighted by atomic mass is 9.71. The van der Waals surface area contributed by atoms with Crippen LogP contribution < -0.4 is 10.6 Å². The Balaban J connectivity index is 1.38. The maximum absolute atomic E-state index is 12.9. The lowest BCUT2D eigenvalue weighted by Crippen LogP contribution is -2.45. The first-order valence-corrected chi connectivity index (χ1v) is 14.6. The van der Waals surface area contributed by atoms with Gasteiger partial charge in [-0.1, -0.05) is 121 Å². The molecule has 218 valence electrons. The van der Waals surface area contributed by atoms with Crippen LogP contribution in [-0.2, 0) is 28.0 Å². The van der Waals surface area contributed by atoms with E-state index in [2.05, 4.69) is 71.1 Å². The molecule has 0 unspecified atom stereocenters. The molecule has 0 fully saturated rings. The second-order valence-corrected chi connectivity index (χ2v) is 10.6. The molecule has 0 saturated carbocycles. The third-order valence-electron chi connectivity index (χ3n) is 7.61. The summed E-state index contributed by atoms with van der Waals surface area (Å²) in [4.78, 5) is 27.5. The number of amides is 2. The maximum atomic E-state index is 12.9. The molecule has 42 heavy (non-hydrogen) atoms. The molecule has 2 N–H and O–H groups in total. The van der Waals surface area contributed by atoms with E-state index in [0.29, 0.717) is 6.54 Å². The summed E-state index contributed by atoms with van der Waals surface area (Å²) in [5.41, 5.74) is 4.11. The average Bonchev–Trinajstić information content (AvgIpc) is 3.05. The van der Waals surface area contributed by atoms with E-state index in [1.54, 1.807) is 0 Å². The number of ether oxygens (including phenoxy) is 1. The molecule has 0 atom stereocenters. The van der Waals surface area contributed by atoms with E-state index in [-0.39, 0.29) is 19.1 Å². The fourth-order valence-corrected chi connectivity index (χ4v) is 5.23. The number of rotatable bonds is 15. The van der Waals surface area contributed by atoms with Crippen LogP contribution in [0.1, 0.15) is 35.1 Å². The van der Waals surface area contributed by atoms with E-state index in [0.717, 1.165) is 49.0 Å². The Morgan fingerprint density at radius 1 is 0.690 bits per heavy atom. The van der Waals surface area contributed by atoms with Crippen LogP contribution in [0.15, 0.2) is 121 Å². The van der Waals surface area contributed by atoms with Crippen molar-refractivity contribution in [1.29, 1.82) is 0 Å². The second kappa shape index (κ2) is 16.1. The smallest absolute Gasteiger partial charge is 0.407 e. The number of benzene rings is 4. The molecule has 4 aromatic rings. The van der Waals surface area contributed by atoms with E-state index >= 15 is 0 Å². The molecule has 0 aromatic heterocycles. The van der Waals surface area contributed by atoms with Gasteiger partial charge in [0.1, 0.15) is 6.61 Å². The van der Waals surface area contributed by atoms with Crippen molar-refractivity contribution in [2.75, 3.05) is 33.2 Å². The van der Waals surface area contributed by atoms with Crippen molar-refractivity contribution in [3.63, 3.8) is 0 Å². The number of alkyl carbamates (subject to hydrolysis) is 1. The number of likely N-dealkylation sites (N-methyl/N-ethyl adjacent to an activating group) is 1. The highest BCUT2D eigenvalue weighted by atomic mass is 16.5. The van der Waals surface area contributed by atoms with Gasteiger partial charge in [0.25, 0.3) is 0 Å². The van der Waals surface area contributed by atoms with Crippen molar-refractivity contribution >= 4 is 12.0 Å². The van der Waals surface area contributed by atoms with Crippen LogP contribution in [0.2, 0.25) is 0 Å². The highest BCUT2D eigenvalue weighted by molar-refractivity contribution is 5.82. The van der Waals surface area contributed by atoms with Gasteiger partial charge in [-0.05, 0) is 55.1 Å². The quantitative estimate of drug-likeness (QED) is 0.187. The Morgan fingerprint density at radius 3 is 1.79 bits per heavy atom. The molecule has 0 spiro atoms. The van der Waals surface area contributed by atoms with Gasteiger partial charge in [-0.2, -0.15) is 0 Å². The molecular weight excluding hydrogens is 522 g/mol. The van der Waals surface area contributed by atoms with Crippen molar-refractivity contribution in [2.24, 2.45) is 0 Å². The van der Waals surface area contributed by atoms with Gasteiger partial charge < -0.3 is 20.3 Å². The van der Waals surface area contributed by atoms with E-state index in [4.69, 9.17) is 4.74 Å². The van der Waals surface area contributed by atoms with Crippen LogP contribution in [0.4, 0.5) is 4.79 Å². The lowest BCUT2D eigenvalue weighted by molar-refractivity contribution is -0.120. The predicted molar refractivity (Wildman–Crippen MR) is 168 cm³/mol. The Morgan fingerprint density at radius 2 is 1.21 bits per heavy atom. The van der Waals surface area contributed by atoms with E-state index < -0.39 is 11.5 Å². The molecule has 6 nitrogen and oxygen atoms in total. The van der Waals surface area contributed by atoms with Crippen LogP contribution in [-0.4, -0.2) is 50.1 Å². The van der Waals surface area contributed by atoms with Crippen LogP contribution in [0.5, 0.6) is 0 Å². The summed E-state index contributed by atoms with van der Waals surface area (Å²) in [6.45, 7) is 2.33. The van der Waals surface area contributed by atoms with Crippen molar-refractivity contribution in [3.8, 4) is 0 Å². The van der Waals surface area contributed by atoms with Crippen molar-refractivity contribution in [2.45, 2.75) is 31.3 Å². The minimum atomic E-state index is -0.620. The molecule has 0 heterocycles. The SMILES string of the molecule is CN(CCCC(CNC(=O)CNC(=O)OCc1ccccc1)(c1ccccc1)c1ccccc1)CCc1ccccc1. The summed E-state index contributed by atoms with van der Waals surface area (Å²) in [5, 5.41) is 5.69. The Hall–Kier alpha value is -4.42. The fraction of sp³-hybridized carbons (Fsp3) is 0.278. The minimum absolute atomic E-state index is 0.152. The van der Waals surface area contributed by atoms with Crippen LogP contribution in [0, 0.1) is 0 Å². The first-order chi connectivity index (χ1) is 20.5. The first-order valence-electron chi connectivity index (χ1n) is 14.6. The second-order valence-electron chi connectivity index (χ2n) is 10.6. The molecule has 0 radical (unpaired) electrons. The standard InChI is InChI=1S/C36H41N3O3/c1-39(26-23-30-15-6-2-7-16-30)25-14-24-36(32-19-10-4-11-20-32,33-21-12-5-13-22-33)29-38-34(40)27-37-35(41)42-28-31-17-8-3-9-18-31/h2-13,15-22H,14,23-29H2,1H3,(H,37,41)(H,38,40). The van der Waals surface area contributed by atoms with E-state index in [9.17, 15) is 9.59 Å². The van der Waals surface area contributed by atoms with Gasteiger partial charge in [0.05, 0.1) is 6.54 Å². The molecule has 0 aliphatic heterocycles. The third kappa shape index (κ3) is 9.32. The molecule has 0 saturated heterocycles. The van der Waals surface area contributed by atoms with Gasteiger partial charge in [0, 0.05) is 18.5 Å². The Bertz CT molecular complexity index is 1310. The molecule has 4 aromatic carbocycles. The van der Waals surface area contributed by atoms with Gasteiger partial charge >= 0.3 is 6.09 Å². The molecule has 0 aliphatic carbocycles. The highest BCUT2D eigenvalue weighted by Gasteiger charge is 2.34. The van der Waals surface area contributed by atoms with E-state index in [1.165, 1.54) is 5.56 Å².